The number of carbonyl (C=O) groups is 2. The predicted molar refractivity (Wildman–Crippen MR) is 105 cm³/mol. The van der Waals surface area contributed by atoms with Gasteiger partial charge in [-0.2, -0.15) is 0 Å². The van der Waals surface area contributed by atoms with E-state index in [-0.39, 0.29) is 24.4 Å². The zero-order valence-electron chi connectivity index (χ0n) is 14.8. The lowest BCUT2D eigenvalue weighted by Gasteiger charge is -2.19. The normalized spacial score (nSPS) is 10.4. The van der Waals surface area contributed by atoms with Crippen molar-refractivity contribution >= 4 is 11.8 Å². The first-order valence-electron chi connectivity index (χ1n) is 8.71. The van der Waals surface area contributed by atoms with E-state index in [1.54, 1.807) is 24.3 Å². The fourth-order valence-corrected chi connectivity index (χ4v) is 2.75. The Balaban J connectivity index is 1.59. The molecular formula is C22H21N3O2. The summed E-state index contributed by atoms with van der Waals surface area (Å²) in [6.45, 7) is 0.0591. The van der Waals surface area contributed by atoms with Gasteiger partial charge in [0.1, 0.15) is 0 Å². The molecule has 0 saturated heterocycles. The second kappa shape index (κ2) is 9.31. The third kappa shape index (κ3) is 5.26. The topological polar surface area (TPSA) is 70.2 Å². The number of nitrogens with one attached hydrogen (secondary N) is 3. The molecule has 0 aliphatic rings. The van der Waals surface area contributed by atoms with E-state index in [0.717, 1.165) is 11.1 Å². The Labute approximate surface area is 158 Å². The molecule has 3 aromatic rings. The summed E-state index contributed by atoms with van der Waals surface area (Å²) in [6, 6.07) is 28.4. The van der Waals surface area contributed by atoms with E-state index < -0.39 is 0 Å². The van der Waals surface area contributed by atoms with Gasteiger partial charge in [-0.05, 0) is 23.3 Å². The van der Waals surface area contributed by atoms with E-state index in [9.17, 15) is 9.59 Å². The Morgan fingerprint density at radius 3 is 1.67 bits per heavy atom. The highest BCUT2D eigenvalue weighted by atomic mass is 16.2. The molecule has 5 nitrogen and oxygen atoms in total. The van der Waals surface area contributed by atoms with Gasteiger partial charge >= 0.3 is 0 Å². The molecule has 3 rings (SSSR count). The second-order valence-electron chi connectivity index (χ2n) is 6.00. The minimum atomic E-state index is -0.355. The van der Waals surface area contributed by atoms with Crippen molar-refractivity contribution in [2.75, 3.05) is 6.54 Å². The van der Waals surface area contributed by atoms with Gasteiger partial charge in [0.25, 0.3) is 11.8 Å². The summed E-state index contributed by atoms with van der Waals surface area (Å²) in [5, 5.41) is 3.25. The number of carbonyl (C=O) groups excluding carboxylic acids is 2. The predicted octanol–water partition coefficient (Wildman–Crippen LogP) is 2.83. The average Bonchev–Trinajstić information content (AvgIpc) is 2.74. The molecule has 0 spiro atoms. The van der Waals surface area contributed by atoms with Crippen molar-refractivity contribution in [1.29, 1.82) is 0 Å². The zero-order chi connectivity index (χ0) is 18.9. The molecule has 27 heavy (non-hydrogen) atoms. The molecule has 3 N–H and O–H groups in total. The molecule has 0 bridgehead atoms. The number of amides is 2. The molecule has 0 aromatic heterocycles. The SMILES string of the molecule is O=C(CNC(c1ccccc1)c1ccccc1)NNC(=O)c1ccccc1. The van der Waals surface area contributed by atoms with Crippen LogP contribution in [-0.4, -0.2) is 18.4 Å². The fraction of sp³-hybridized carbons (Fsp3) is 0.0909. The third-order valence-corrected chi connectivity index (χ3v) is 4.08. The van der Waals surface area contributed by atoms with E-state index in [2.05, 4.69) is 16.2 Å². The Hall–Kier alpha value is -3.44. The summed E-state index contributed by atoms with van der Waals surface area (Å²) in [5.41, 5.74) is 7.47. The van der Waals surface area contributed by atoms with Gasteiger partial charge in [0, 0.05) is 5.56 Å². The first-order chi connectivity index (χ1) is 13.2. The number of hydrogen-bond acceptors (Lipinski definition) is 3. The van der Waals surface area contributed by atoms with Crippen LogP contribution in [0.1, 0.15) is 27.5 Å². The average molecular weight is 359 g/mol. The number of hydrogen-bond donors (Lipinski definition) is 3. The summed E-state index contributed by atoms with van der Waals surface area (Å²) in [5.74, 6) is -0.678. The lowest BCUT2D eigenvalue weighted by molar-refractivity contribution is -0.121. The highest BCUT2D eigenvalue weighted by molar-refractivity contribution is 5.95. The Bertz CT molecular complexity index is 828. The van der Waals surface area contributed by atoms with Crippen LogP contribution in [0.2, 0.25) is 0 Å². The van der Waals surface area contributed by atoms with Gasteiger partial charge in [-0.3, -0.25) is 25.8 Å². The summed E-state index contributed by atoms with van der Waals surface area (Å²) in [6.07, 6.45) is 0. The maximum atomic E-state index is 12.2. The van der Waals surface area contributed by atoms with Gasteiger partial charge in [-0.25, -0.2) is 0 Å². The Morgan fingerprint density at radius 2 is 1.15 bits per heavy atom. The van der Waals surface area contributed by atoms with Crippen LogP contribution < -0.4 is 16.2 Å². The number of rotatable bonds is 6. The molecule has 0 radical (unpaired) electrons. The summed E-state index contributed by atoms with van der Waals surface area (Å²) < 4.78 is 0. The highest BCUT2D eigenvalue weighted by Gasteiger charge is 2.15. The third-order valence-electron chi connectivity index (χ3n) is 4.08. The minimum Gasteiger partial charge on any atom is -0.298 e. The Morgan fingerprint density at radius 1 is 0.667 bits per heavy atom. The van der Waals surface area contributed by atoms with Gasteiger partial charge in [-0.15, -0.1) is 0 Å². The van der Waals surface area contributed by atoms with E-state index in [1.807, 2.05) is 66.7 Å². The minimum absolute atomic E-state index is 0.0591. The Kier molecular flexibility index (Phi) is 6.33. The maximum Gasteiger partial charge on any atom is 0.269 e. The van der Waals surface area contributed by atoms with Crippen molar-refractivity contribution in [3.8, 4) is 0 Å². The molecule has 0 atom stereocenters. The van der Waals surface area contributed by atoms with E-state index in [1.165, 1.54) is 0 Å². The molecule has 136 valence electrons. The standard InChI is InChI=1S/C22H21N3O2/c26-20(24-25-22(27)19-14-8-3-9-15-19)16-23-21(17-10-4-1-5-11-17)18-12-6-2-7-13-18/h1-15,21,23H,16H2,(H,24,26)(H,25,27). The molecular weight excluding hydrogens is 338 g/mol. The lowest BCUT2D eigenvalue weighted by Crippen LogP contribution is -2.46. The molecule has 2 amide bonds. The van der Waals surface area contributed by atoms with Gasteiger partial charge in [0.2, 0.25) is 0 Å². The van der Waals surface area contributed by atoms with Gasteiger partial charge in [0.15, 0.2) is 0 Å². The van der Waals surface area contributed by atoms with E-state index >= 15 is 0 Å². The summed E-state index contributed by atoms with van der Waals surface area (Å²) in [4.78, 5) is 24.1. The van der Waals surface area contributed by atoms with Crippen LogP contribution >= 0.6 is 0 Å². The molecule has 0 aliphatic carbocycles. The molecule has 5 heteroatoms. The molecule has 0 fully saturated rings. The summed E-state index contributed by atoms with van der Waals surface area (Å²) >= 11 is 0. The number of benzene rings is 3. The lowest BCUT2D eigenvalue weighted by atomic mass is 9.99. The van der Waals surface area contributed by atoms with E-state index in [0.29, 0.717) is 5.56 Å². The first-order valence-corrected chi connectivity index (χ1v) is 8.71. The second-order valence-corrected chi connectivity index (χ2v) is 6.00. The smallest absolute Gasteiger partial charge is 0.269 e. The van der Waals surface area contributed by atoms with Gasteiger partial charge in [-0.1, -0.05) is 78.9 Å². The first kappa shape index (κ1) is 18.4. The molecule has 0 heterocycles. The molecule has 0 aliphatic heterocycles. The quantitative estimate of drug-likeness (QED) is 0.593. The summed E-state index contributed by atoms with van der Waals surface area (Å²) in [7, 11) is 0. The molecule has 0 saturated carbocycles. The van der Waals surface area contributed by atoms with Gasteiger partial charge in [0.05, 0.1) is 12.6 Å². The maximum absolute atomic E-state index is 12.2. The van der Waals surface area contributed by atoms with Crippen LogP contribution in [0.25, 0.3) is 0 Å². The van der Waals surface area contributed by atoms with Crippen LogP contribution in [0.4, 0.5) is 0 Å². The van der Waals surface area contributed by atoms with Crippen LogP contribution in [0, 0.1) is 0 Å². The van der Waals surface area contributed by atoms with Crippen molar-refractivity contribution < 1.29 is 9.59 Å². The van der Waals surface area contributed by atoms with Gasteiger partial charge < -0.3 is 0 Å². The monoisotopic (exact) mass is 359 g/mol. The van der Waals surface area contributed by atoms with Crippen molar-refractivity contribution in [3.63, 3.8) is 0 Å². The molecule has 3 aromatic carbocycles. The van der Waals surface area contributed by atoms with Crippen molar-refractivity contribution in [2.24, 2.45) is 0 Å². The molecule has 0 unspecified atom stereocenters. The van der Waals surface area contributed by atoms with Crippen LogP contribution in [0.5, 0.6) is 0 Å². The zero-order valence-corrected chi connectivity index (χ0v) is 14.8. The van der Waals surface area contributed by atoms with Crippen LogP contribution in [0.3, 0.4) is 0 Å². The van der Waals surface area contributed by atoms with Crippen molar-refractivity contribution in [1.82, 2.24) is 16.2 Å². The van der Waals surface area contributed by atoms with Crippen molar-refractivity contribution in [3.05, 3.63) is 108 Å². The van der Waals surface area contributed by atoms with Crippen molar-refractivity contribution in [2.45, 2.75) is 6.04 Å². The number of hydrazine groups is 1. The fourth-order valence-electron chi connectivity index (χ4n) is 2.75. The largest absolute Gasteiger partial charge is 0.298 e. The highest BCUT2D eigenvalue weighted by Crippen LogP contribution is 2.21. The van der Waals surface area contributed by atoms with Crippen LogP contribution in [-0.2, 0) is 4.79 Å². The van der Waals surface area contributed by atoms with E-state index in [4.69, 9.17) is 0 Å². The van der Waals surface area contributed by atoms with Crippen LogP contribution in [0.15, 0.2) is 91.0 Å².